The summed E-state index contributed by atoms with van der Waals surface area (Å²) in [4.78, 5) is 0. The number of H-pyrrole nitrogens is 1. The number of nitrogens with zero attached hydrogens (tertiary/aromatic N) is 2. The van der Waals surface area contributed by atoms with Crippen LogP contribution in [0, 0.1) is 4.77 Å². The fourth-order valence-electron chi connectivity index (χ4n) is 3.46. The first-order valence-electron chi connectivity index (χ1n) is 10.4. The molecule has 1 aromatic heterocycles. The molecule has 4 aromatic rings. The fourth-order valence-corrected chi connectivity index (χ4v) is 4.43. The molecule has 182 valence electrons. The van der Waals surface area contributed by atoms with Gasteiger partial charge in [-0.25, -0.2) is 9.77 Å². The molecule has 1 heterocycles. The molecule has 0 unspecified atom stereocenters. The number of hydrogen-bond donors (Lipinski definition) is 2. The van der Waals surface area contributed by atoms with Crippen molar-refractivity contribution in [1.29, 1.82) is 0 Å². The van der Waals surface area contributed by atoms with E-state index in [2.05, 4.69) is 31.6 Å². The minimum Gasteiger partial charge on any atom is -0.496 e. The molecule has 0 amide bonds. The summed E-state index contributed by atoms with van der Waals surface area (Å²) in [6.45, 7) is 0.624. The van der Waals surface area contributed by atoms with Crippen molar-refractivity contribution in [3.8, 4) is 28.6 Å². The first-order chi connectivity index (χ1) is 16.9. The van der Waals surface area contributed by atoms with Crippen molar-refractivity contribution in [1.82, 2.24) is 14.9 Å². The number of halogens is 3. The van der Waals surface area contributed by atoms with E-state index in [9.17, 15) is 0 Å². The van der Waals surface area contributed by atoms with Crippen LogP contribution < -0.4 is 19.6 Å². The average Bonchev–Trinajstić information content (AvgIpc) is 3.24. The highest BCUT2D eigenvalue weighted by Gasteiger charge is 2.18. The second kappa shape index (κ2) is 11.3. The molecule has 0 aliphatic heterocycles. The summed E-state index contributed by atoms with van der Waals surface area (Å²) in [5.74, 6) is 2.43. The minimum absolute atomic E-state index is 0.272. The predicted octanol–water partition coefficient (Wildman–Crippen LogP) is 7.02. The molecule has 0 fully saturated rings. The quantitative estimate of drug-likeness (QED) is 0.203. The number of aromatic nitrogens is 3. The Hall–Kier alpha value is -2.72. The number of rotatable bonds is 9. The van der Waals surface area contributed by atoms with Crippen LogP contribution in [0.3, 0.4) is 0 Å². The Morgan fingerprint density at radius 3 is 2.54 bits per heavy atom. The average molecular weight is 596 g/mol. The van der Waals surface area contributed by atoms with Crippen molar-refractivity contribution in [2.24, 2.45) is 0 Å². The monoisotopic (exact) mass is 594 g/mol. The van der Waals surface area contributed by atoms with Crippen LogP contribution >= 0.6 is 51.3 Å². The standard InChI is InChI=1S/C24H21BrCl2N4O3S/c1-32-20-6-4-3-5-15(20)23-29-30-24(35)31(23)28-12-16-17(25)8-10-21(33-2)22(16)34-13-14-7-9-18(26)19(27)11-14/h3-11,28H,12-13H2,1-2H3,(H,30,35). The van der Waals surface area contributed by atoms with Gasteiger partial charge in [0.05, 0.1) is 36.4 Å². The van der Waals surface area contributed by atoms with Crippen molar-refractivity contribution in [2.75, 3.05) is 19.6 Å². The van der Waals surface area contributed by atoms with Crippen LogP contribution in [-0.4, -0.2) is 29.1 Å². The Labute approximate surface area is 226 Å². The summed E-state index contributed by atoms with van der Waals surface area (Å²) in [6, 6.07) is 16.7. The number of hydrogen-bond acceptors (Lipinski definition) is 6. The lowest BCUT2D eigenvalue weighted by Gasteiger charge is -2.18. The molecule has 4 rings (SSSR count). The Bertz CT molecular complexity index is 1410. The lowest BCUT2D eigenvalue weighted by Crippen LogP contribution is -2.17. The molecule has 3 aromatic carbocycles. The lowest BCUT2D eigenvalue weighted by molar-refractivity contribution is 0.281. The number of aromatic amines is 1. The maximum atomic E-state index is 6.20. The van der Waals surface area contributed by atoms with Crippen LogP contribution in [0.15, 0.2) is 59.1 Å². The predicted molar refractivity (Wildman–Crippen MR) is 144 cm³/mol. The van der Waals surface area contributed by atoms with Crippen molar-refractivity contribution >= 4 is 51.3 Å². The summed E-state index contributed by atoms with van der Waals surface area (Å²) < 4.78 is 20.2. The zero-order valence-corrected chi connectivity index (χ0v) is 22.7. The Kier molecular flexibility index (Phi) is 8.22. The Morgan fingerprint density at radius 2 is 1.80 bits per heavy atom. The van der Waals surface area contributed by atoms with Crippen LogP contribution in [0.25, 0.3) is 11.4 Å². The summed E-state index contributed by atoms with van der Waals surface area (Å²) in [7, 11) is 3.21. The molecular weight excluding hydrogens is 575 g/mol. The highest BCUT2D eigenvalue weighted by molar-refractivity contribution is 9.10. The van der Waals surface area contributed by atoms with Gasteiger partial charge in [-0.3, -0.25) is 0 Å². The van der Waals surface area contributed by atoms with Gasteiger partial charge in [-0.15, -0.1) is 0 Å². The van der Waals surface area contributed by atoms with Gasteiger partial charge in [-0.1, -0.05) is 57.3 Å². The van der Waals surface area contributed by atoms with E-state index < -0.39 is 0 Å². The number of nitrogens with one attached hydrogen (secondary N) is 2. The van der Waals surface area contributed by atoms with Gasteiger partial charge in [-0.2, -0.15) is 5.10 Å². The fraction of sp³-hybridized carbons (Fsp3) is 0.167. The lowest BCUT2D eigenvalue weighted by atomic mass is 10.1. The largest absolute Gasteiger partial charge is 0.496 e. The molecule has 0 spiro atoms. The van der Waals surface area contributed by atoms with E-state index in [4.69, 9.17) is 49.6 Å². The first-order valence-corrected chi connectivity index (χ1v) is 12.4. The summed E-state index contributed by atoms with van der Waals surface area (Å²) in [5, 5.41) is 8.18. The molecule has 0 atom stereocenters. The van der Waals surface area contributed by atoms with Crippen molar-refractivity contribution in [3.05, 3.63) is 85.0 Å². The first kappa shape index (κ1) is 25.4. The van der Waals surface area contributed by atoms with Crippen LogP contribution in [0.5, 0.6) is 17.2 Å². The van der Waals surface area contributed by atoms with Gasteiger partial charge in [0.1, 0.15) is 12.4 Å². The highest BCUT2D eigenvalue weighted by atomic mass is 79.9. The second-order valence-corrected chi connectivity index (χ2v) is 9.37. The normalized spacial score (nSPS) is 10.8. The van der Waals surface area contributed by atoms with Crippen molar-refractivity contribution in [3.63, 3.8) is 0 Å². The van der Waals surface area contributed by atoms with Gasteiger partial charge in [0.25, 0.3) is 0 Å². The Balaban J connectivity index is 1.64. The van der Waals surface area contributed by atoms with E-state index in [1.807, 2.05) is 42.5 Å². The van der Waals surface area contributed by atoms with Crippen LogP contribution in [-0.2, 0) is 13.2 Å². The molecule has 0 radical (unpaired) electrons. The van der Waals surface area contributed by atoms with Gasteiger partial charge < -0.3 is 19.6 Å². The molecule has 0 saturated carbocycles. The topological polar surface area (TPSA) is 73.3 Å². The summed E-state index contributed by atoms with van der Waals surface area (Å²) in [5.41, 5.74) is 5.82. The highest BCUT2D eigenvalue weighted by Crippen LogP contribution is 2.37. The number of methoxy groups -OCH3 is 2. The van der Waals surface area contributed by atoms with Gasteiger partial charge in [0, 0.05) is 10.0 Å². The maximum Gasteiger partial charge on any atom is 0.214 e. The molecule has 0 aliphatic rings. The third kappa shape index (κ3) is 5.59. The zero-order valence-electron chi connectivity index (χ0n) is 18.8. The zero-order chi connectivity index (χ0) is 24.9. The molecule has 35 heavy (non-hydrogen) atoms. The van der Waals surface area contributed by atoms with E-state index in [1.165, 1.54) is 0 Å². The van der Waals surface area contributed by atoms with Crippen LogP contribution in [0.2, 0.25) is 10.0 Å². The smallest absolute Gasteiger partial charge is 0.214 e. The number of para-hydroxylation sites is 1. The molecule has 11 heteroatoms. The molecular formula is C24H21BrCl2N4O3S. The third-order valence-electron chi connectivity index (χ3n) is 5.19. The molecule has 0 bridgehead atoms. The van der Waals surface area contributed by atoms with Gasteiger partial charge in [0.2, 0.25) is 4.77 Å². The number of benzene rings is 3. The van der Waals surface area contributed by atoms with E-state index in [1.54, 1.807) is 31.0 Å². The molecule has 7 nitrogen and oxygen atoms in total. The maximum absolute atomic E-state index is 6.20. The number of ether oxygens (including phenoxy) is 3. The minimum atomic E-state index is 0.272. The SMILES string of the molecule is COc1ccccc1-c1n[nH]c(=S)n1NCc1c(Br)ccc(OC)c1OCc1ccc(Cl)c(Cl)c1. The summed E-state index contributed by atoms with van der Waals surface area (Å²) in [6.07, 6.45) is 0. The molecule has 0 saturated heterocycles. The van der Waals surface area contributed by atoms with Crippen LogP contribution in [0.1, 0.15) is 11.1 Å². The summed E-state index contributed by atoms with van der Waals surface area (Å²) >= 11 is 21.3. The second-order valence-electron chi connectivity index (χ2n) is 7.32. The molecule has 0 aliphatic carbocycles. The van der Waals surface area contributed by atoms with Crippen LogP contribution in [0.4, 0.5) is 0 Å². The van der Waals surface area contributed by atoms with Gasteiger partial charge in [-0.05, 0) is 54.2 Å². The van der Waals surface area contributed by atoms with E-state index in [0.29, 0.717) is 44.4 Å². The third-order valence-corrected chi connectivity index (χ3v) is 6.94. The van der Waals surface area contributed by atoms with E-state index >= 15 is 0 Å². The van der Waals surface area contributed by atoms with Gasteiger partial charge >= 0.3 is 0 Å². The van der Waals surface area contributed by atoms with Gasteiger partial charge in [0.15, 0.2) is 17.3 Å². The molecule has 2 N–H and O–H groups in total. The van der Waals surface area contributed by atoms with E-state index in [0.717, 1.165) is 21.2 Å². The van der Waals surface area contributed by atoms with Crippen molar-refractivity contribution in [2.45, 2.75) is 13.2 Å². The van der Waals surface area contributed by atoms with Crippen molar-refractivity contribution < 1.29 is 14.2 Å². The Morgan fingerprint density at radius 1 is 1.03 bits per heavy atom. The van der Waals surface area contributed by atoms with E-state index in [-0.39, 0.29) is 6.61 Å².